The van der Waals surface area contributed by atoms with Crippen molar-refractivity contribution in [3.63, 3.8) is 0 Å². The number of hydrazone groups is 1. The zero-order chi connectivity index (χ0) is 10.4. The van der Waals surface area contributed by atoms with Gasteiger partial charge in [0.15, 0.2) is 6.61 Å². The number of hydrogen-bond donors (Lipinski definition) is 2. The Balaban J connectivity index is 2.59. The van der Waals surface area contributed by atoms with E-state index in [1.165, 1.54) is 6.21 Å². The van der Waals surface area contributed by atoms with E-state index in [-0.39, 0.29) is 6.61 Å². The summed E-state index contributed by atoms with van der Waals surface area (Å²) in [6.45, 7) is -0.343. The van der Waals surface area contributed by atoms with Gasteiger partial charge in [-0.15, -0.1) is 0 Å². The van der Waals surface area contributed by atoms with E-state index in [4.69, 9.17) is 15.7 Å². The molecule has 74 valence electrons. The Kier molecular flexibility index (Phi) is 3.49. The Hall–Kier alpha value is -2.04. The summed E-state index contributed by atoms with van der Waals surface area (Å²) in [7, 11) is 0. The third-order valence-corrected chi connectivity index (χ3v) is 1.47. The number of benzene rings is 1. The number of nitrogens with zero attached hydrogens (tertiary/aromatic N) is 1. The molecule has 1 aromatic carbocycles. The molecule has 3 N–H and O–H groups in total. The molecule has 0 saturated carbocycles. The molecule has 0 saturated heterocycles. The van der Waals surface area contributed by atoms with E-state index in [1.54, 1.807) is 24.3 Å². The summed E-state index contributed by atoms with van der Waals surface area (Å²) in [6, 6.07) is 6.76. The van der Waals surface area contributed by atoms with E-state index < -0.39 is 5.97 Å². The summed E-state index contributed by atoms with van der Waals surface area (Å²) in [4.78, 5) is 10.2. The Bertz CT molecular complexity index is 332. The third kappa shape index (κ3) is 3.14. The molecule has 1 aromatic rings. The van der Waals surface area contributed by atoms with Crippen LogP contribution in [0.5, 0.6) is 5.75 Å². The summed E-state index contributed by atoms with van der Waals surface area (Å²) in [6.07, 6.45) is 1.49. The van der Waals surface area contributed by atoms with Gasteiger partial charge >= 0.3 is 5.97 Å². The van der Waals surface area contributed by atoms with Gasteiger partial charge in [-0.3, -0.25) is 0 Å². The van der Waals surface area contributed by atoms with Crippen molar-refractivity contribution in [2.75, 3.05) is 6.61 Å². The van der Waals surface area contributed by atoms with Gasteiger partial charge < -0.3 is 15.7 Å². The molecule has 0 aliphatic rings. The summed E-state index contributed by atoms with van der Waals surface area (Å²) in [5, 5.41) is 11.7. The standard InChI is InChI=1S/C9H10N2O3/c10-11-5-7-1-3-8(4-2-7)14-6-9(12)13/h1-5H,6,10H2,(H,12,13). The quantitative estimate of drug-likeness (QED) is 0.414. The molecule has 0 heterocycles. The molecule has 0 aromatic heterocycles. The van der Waals surface area contributed by atoms with Crippen molar-refractivity contribution >= 4 is 12.2 Å². The van der Waals surface area contributed by atoms with E-state index in [2.05, 4.69) is 5.10 Å². The Labute approximate surface area is 80.8 Å². The van der Waals surface area contributed by atoms with Crippen LogP contribution in [0.3, 0.4) is 0 Å². The van der Waals surface area contributed by atoms with Crippen LogP contribution in [0.1, 0.15) is 5.56 Å². The van der Waals surface area contributed by atoms with Gasteiger partial charge in [0.1, 0.15) is 5.75 Å². The maximum Gasteiger partial charge on any atom is 0.341 e. The zero-order valence-corrected chi connectivity index (χ0v) is 7.38. The van der Waals surface area contributed by atoms with E-state index in [0.29, 0.717) is 5.75 Å². The number of ether oxygens (including phenoxy) is 1. The average Bonchev–Trinajstić information content (AvgIpc) is 2.17. The number of aliphatic carboxylic acids is 1. The molecular formula is C9H10N2O3. The van der Waals surface area contributed by atoms with Gasteiger partial charge in [-0.25, -0.2) is 4.79 Å². The molecule has 5 nitrogen and oxygen atoms in total. The minimum absolute atomic E-state index is 0.343. The van der Waals surface area contributed by atoms with E-state index in [9.17, 15) is 4.79 Å². The predicted octanol–water partition coefficient (Wildman–Crippen LogP) is 0.443. The third-order valence-electron chi connectivity index (χ3n) is 1.47. The van der Waals surface area contributed by atoms with Crippen LogP contribution in [-0.4, -0.2) is 23.9 Å². The molecule has 5 heteroatoms. The van der Waals surface area contributed by atoms with Gasteiger partial charge in [0, 0.05) is 0 Å². The molecule has 1 rings (SSSR count). The molecule has 0 atom stereocenters. The minimum atomic E-state index is -1.00. The normalized spacial score (nSPS) is 10.3. The highest BCUT2D eigenvalue weighted by atomic mass is 16.5. The maximum atomic E-state index is 10.2. The second-order valence-corrected chi connectivity index (χ2v) is 2.53. The fourth-order valence-electron chi connectivity index (χ4n) is 0.881. The van der Waals surface area contributed by atoms with Crippen molar-refractivity contribution in [2.45, 2.75) is 0 Å². The van der Waals surface area contributed by atoms with Crippen molar-refractivity contribution in [1.82, 2.24) is 0 Å². The smallest absolute Gasteiger partial charge is 0.341 e. The SMILES string of the molecule is NN=Cc1ccc(OCC(=O)O)cc1. The second-order valence-electron chi connectivity index (χ2n) is 2.53. The van der Waals surface area contributed by atoms with Crippen LogP contribution in [0.25, 0.3) is 0 Å². The number of hydrogen-bond acceptors (Lipinski definition) is 4. The molecule has 0 aliphatic heterocycles. The lowest BCUT2D eigenvalue weighted by molar-refractivity contribution is -0.139. The number of carboxylic acids is 1. The number of nitrogens with two attached hydrogens (primary N) is 1. The Morgan fingerprint density at radius 2 is 2.14 bits per heavy atom. The first kappa shape index (κ1) is 10.0. The van der Waals surface area contributed by atoms with Gasteiger partial charge in [0.2, 0.25) is 0 Å². The molecule has 0 bridgehead atoms. The summed E-state index contributed by atoms with van der Waals surface area (Å²) >= 11 is 0. The van der Waals surface area contributed by atoms with Crippen LogP contribution in [0.4, 0.5) is 0 Å². The van der Waals surface area contributed by atoms with Gasteiger partial charge in [-0.2, -0.15) is 5.10 Å². The van der Waals surface area contributed by atoms with Crippen molar-refractivity contribution in [2.24, 2.45) is 10.9 Å². The average molecular weight is 194 g/mol. The van der Waals surface area contributed by atoms with Crippen molar-refractivity contribution < 1.29 is 14.6 Å². The molecule has 14 heavy (non-hydrogen) atoms. The minimum Gasteiger partial charge on any atom is -0.482 e. The Morgan fingerprint density at radius 3 is 2.64 bits per heavy atom. The molecule has 0 amide bonds. The molecule has 0 aliphatic carbocycles. The molecule has 0 spiro atoms. The lowest BCUT2D eigenvalue weighted by Crippen LogP contribution is -2.09. The van der Waals surface area contributed by atoms with Crippen molar-refractivity contribution in [3.05, 3.63) is 29.8 Å². The first-order valence-electron chi connectivity index (χ1n) is 3.90. The van der Waals surface area contributed by atoms with Gasteiger partial charge in [-0.05, 0) is 29.8 Å². The summed E-state index contributed by atoms with van der Waals surface area (Å²) in [5.41, 5.74) is 0.829. The number of carboxylic acid groups (broad SMARTS) is 1. The number of rotatable bonds is 4. The van der Waals surface area contributed by atoms with E-state index in [1.807, 2.05) is 0 Å². The van der Waals surface area contributed by atoms with E-state index >= 15 is 0 Å². The van der Waals surface area contributed by atoms with Gasteiger partial charge in [-0.1, -0.05) is 0 Å². The lowest BCUT2D eigenvalue weighted by Gasteiger charge is -2.02. The molecular weight excluding hydrogens is 184 g/mol. The highest BCUT2D eigenvalue weighted by Gasteiger charge is 1.98. The lowest BCUT2D eigenvalue weighted by atomic mass is 10.2. The van der Waals surface area contributed by atoms with E-state index in [0.717, 1.165) is 5.56 Å². The van der Waals surface area contributed by atoms with Crippen LogP contribution >= 0.6 is 0 Å². The molecule has 0 unspecified atom stereocenters. The summed E-state index contributed by atoms with van der Waals surface area (Å²) in [5.74, 6) is 4.46. The van der Waals surface area contributed by atoms with Gasteiger partial charge in [0.05, 0.1) is 6.21 Å². The first-order valence-corrected chi connectivity index (χ1v) is 3.90. The fourth-order valence-corrected chi connectivity index (χ4v) is 0.881. The predicted molar refractivity (Wildman–Crippen MR) is 51.4 cm³/mol. The van der Waals surface area contributed by atoms with Crippen LogP contribution < -0.4 is 10.6 Å². The van der Waals surface area contributed by atoms with Crippen LogP contribution in [0.2, 0.25) is 0 Å². The maximum absolute atomic E-state index is 10.2. The topological polar surface area (TPSA) is 84.9 Å². The van der Waals surface area contributed by atoms with Crippen LogP contribution in [-0.2, 0) is 4.79 Å². The monoisotopic (exact) mass is 194 g/mol. The second kappa shape index (κ2) is 4.86. The Morgan fingerprint density at radius 1 is 1.50 bits per heavy atom. The van der Waals surface area contributed by atoms with Crippen LogP contribution in [0.15, 0.2) is 29.4 Å². The number of carbonyl (C=O) groups is 1. The molecule has 0 radical (unpaired) electrons. The van der Waals surface area contributed by atoms with Crippen molar-refractivity contribution in [1.29, 1.82) is 0 Å². The van der Waals surface area contributed by atoms with Crippen molar-refractivity contribution in [3.8, 4) is 5.75 Å². The first-order chi connectivity index (χ1) is 6.72. The zero-order valence-electron chi connectivity index (χ0n) is 7.38. The molecule has 0 fully saturated rings. The highest BCUT2D eigenvalue weighted by molar-refractivity contribution is 5.79. The summed E-state index contributed by atoms with van der Waals surface area (Å²) < 4.78 is 4.93. The fraction of sp³-hybridized carbons (Fsp3) is 0.111. The largest absolute Gasteiger partial charge is 0.482 e. The highest BCUT2D eigenvalue weighted by Crippen LogP contribution is 2.10. The van der Waals surface area contributed by atoms with Gasteiger partial charge in [0.25, 0.3) is 0 Å². The van der Waals surface area contributed by atoms with Crippen LogP contribution in [0, 0.1) is 0 Å².